The van der Waals surface area contributed by atoms with E-state index in [0.717, 1.165) is 12.8 Å². The lowest BCUT2D eigenvalue weighted by molar-refractivity contribution is -0.0478. The Morgan fingerprint density at radius 3 is 2.69 bits per heavy atom. The van der Waals surface area contributed by atoms with Gasteiger partial charge in [-0.15, -0.1) is 0 Å². The van der Waals surface area contributed by atoms with Crippen molar-refractivity contribution in [1.29, 1.82) is 0 Å². The van der Waals surface area contributed by atoms with Crippen molar-refractivity contribution in [2.75, 3.05) is 0 Å². The first-order valence-electron chi connectivity index (χ1n) is 6.58. The van der Waals surface area contributed by atoms with E-state index in [1.54, 1.807) is 5.57 Å². The van der Waals surface area contributed by atoms with Crippen molar-refractivity contribution in [3.8, 4) is 0 Å². The molecule has 0 aromatic heterocycles. The predicted molar refractivity (Wildman–Crippen MR) is 68.4 cm³/mol. The Morgan fingerprint density at radius 2 is 2.00 bits per heavy atom. The van der Waals surface area contributed by atoms with Crippen LogP contribution < -0.4 is 0 Å². The summed E-state index contributed by atoms with van der Waals surface area (Å²) in [7, 11) is 0. The Labute approximate surface area is 99.6 Å². The first kappa shape index (κ1) is 11.9. The molecule has 90 valence electrons. The Morgan fingerprint density at radius 1 is 1.25 bits per heavy atom. The second-order valence-electron chi connectivity index (χ2n) is 5.64. The number of allylic oxidation sites excluding steroid dienone is 2. The fourth-order valence-electron chi connectivity index (χ4n) is 3.09. The van der Waals surface area contributed by atoms with Gasteiger partial charge >= 0.3 is 0 Å². The van der Waals surface area contributed by atoms with E-state index in [2.05, 4.69) is 33.4 Å². The molecular formula is C15H24O. The standard InChI is InChI=1S/C15H24O/c1-10-5-8-14(12(3)9-10)15-11(2)6-7-13(4)16-15/h9,12-15H,2,5-8H2,1,3-4H3. The molecule has 2 rings (SSSR count). The number of ether oxygens (including phenoxy) is 1. The highest BCUT2D eigenvalue weighted by Crippen LogP contribution is 2.38. The van der Waals surface area contributed by atoms with Gasteiger partial charge < -0.3 is 4.74 Å². The van der Waals surface area contributed by atoms with Gasteiger partial charge in [0.25, 0.3) is 0 Å². The van der Waals surface area contributed by atoms with E-state index >= 15 is 0 Å². The summed E-state index contributed by atoms with van der Waals surface area (Å²) in [5.74, 6) is 1.29. The maximum absolute atomic E-state index is 6.11. The fourth-order valence-corrected chi connectivity index (χ4v) is 3.09. The molecule has 1 fully saturated rings. The predicted octanol–water partition coefficient (Wildman–Crippen LogP) is 4.10. The van der Waals surface area contributed by atoms with Crippen LogP contribution in [0, 0.1) is 11.8 Å². The maximum atomic E-state index is 6.11. The molecule has 0 aromatic carbocycles. The van der Waals surface area contributed by atoms with Crippen molar-refractivity contribution in [2.45, 2.75) is 58.7 Å². The lowest BCUT2D eigenvalue weighted by Gasteiger charge is -2.39. The van der Waals surface area contributed by atoms with Crippen LogP contribution >= 0.6 is 0 Å². The largest absolute Gasteiger partial charge is 0.371 e. The number of hydrogen-bond donors (Lipinski definition) is 0. The third-order valence-electron chi connectivity index (χ3n) is 4.14. The third kappa shape index (κ3) is 2.40. The molecule has 1 heteroatoms. The van der Waals surface area contributed by atoms with Gasteiger partial charge in [-0.25, -0.2) is 0 Å². The van der Waals surface area contributed by atoms with Crippen molar-refractivity contribution in [1.82, 2.24) is 0 Å². The molecule has 1 heterocycles. The fraction of sp³-hybridized carbons (Fsp3) is 0.733. The van der Waals surface area contributed by atoms with Gasteiger partial charge in [-0.05, 0) is 56.9 Å². The van der Waals surface area contributed by atoms with Crippen LogP contribution in [-0.2, 0) is 4.74 Å². The lowest BCUT2D eigenvalue weighted by Crippen LogP contribution is -2.37. The molecule has 4 unspecified atom stereocenters. The Hall–Kier alpha value is -0.560. The average Bonchev–Trinajstić information content (AvgIpc) is 2.22. The molecule has 0 N–H and O–H groups in total. The van der Waals surface area contributed by atoms with Crippen LogP contribution in [-0.4, -0.2) is 12.2 Å². The van der Waals surface area contributed by atoms with E-state index in [0.29, 0.717) is 24.0 Å². The van der Waals surface area contributed by atoms with Crippen molar-refractivity contribution in [3.05, 3.63) is 23.8 Å². The molecule has 0 amide bonds. The SMILES string of the molecule is C=C1CCC(C)OC1C1CCC(C)=CC1C. The smallest absolute Gasteiger partial charge is 0.0819 e. The van der Waals surface area contributed by atoms with Crippen LogP contribution in [0.5, 0.6) is 0 Å². The van der Waals surface area contributed by atoms with Crippen LogP contribution in [0.15, 0.2) is 23.8 Å². The van der Waals surface area contributed by atoms with E-state index in [1.807, 2.05) is 0 Å². The molecular weight excluding hydrogens is 196 g/mol. The quantitative estimate of drug-likeness (QED) is 0.604. The average molecular weight is 220 g/mol. The molecule has 1 aliphatic carbocycles. The zero-order valence-electron chi connectivity index (χ0n) is 10.8. The number of rotatable bonds is 1. The second kappa shape index (κ2) is 4.75. The molecule has 1 nitrogen and oxygen atoms in total. The van der Waals surface area contributed by atoms with Gasteiger partial charge in [0, 0.05) is 0 Å². The molecule has 16 heavy (non-hydrogen) atoms. The van der Waals surface area contributed by atoms with Crippen molar-refractivity contribution in [2.24, 2.45) is 11.8 Å². The van der Waals surface area contributed by atoms with E-state index in [9.17, 15) is 0 Å². The summed E-state index contributed by atoms with van der Waals surface area (Å²) in [6.45, 7) is 11.0. The first-order chi connectivity index (χ1) is 7.58. The van der Waals surface area contributed by atoms with Gasteiger partial charge in [0.2, 0.25) is 0 Å². The van der Waals surface area contributed by atoms with Crippen molar-refractivity contribution >= 4 is 0 Å². The molecule has 2 aliphatic rings. The molecule has 0 saturated carbocycles. The highest BCUT2D eigenvalue weighted by Gasteiger charge is 2.33. The maximum Gasteiger partial charge on any atom is 0.0819 e. The zero-order chi connectivity index (χ0) is 11.7. The molecule has 0 spiro atoms. The van der Waals surface area contributed by atoms with Gasteiger partial charge in [-0.1, -0.05) is 25.2 Å². The minimum absolute atomic E-state index is 0.308. The monoisotopic (exact) mass is 220 g/mol. The van der Waals surface area contributed by atoms with Gasteiger partial charge in [0.05, 0.1) is 12.2 Å². The minimum Gasteiger partial charge on any atom is -0.371 e. The van der Waals surface area contributed by atoms with Crippen molar-refractivity contribution in [3.63, 3.8) is 0 Å². The number of hydrogen-bond acceptors (Lipinski definition) is 1. The molecule has 0 bridgehead atoms. The summed E-state index contributed by atoms with van der Waals surface area (Å²) in [5, 5.41) is 0. The summed E-state index contributed by atoms with van der Waals surface area (Å²) >= 11 is 0. The summed E-state index contributed by atoms with van der Waals surface area (Å²) in [4.78, 5) is 0. The van der Waals surface area contributed by atoms with E-state index in [4.69, 9.17) is 4.74 Å². The first-order valence-corrected chi connectivity index (χ1v) is 6.58. The summed E-state index contributed by atoms with van der Waals surface area (Å²) in [5.41, 5.74) is 2.86. The normalized spacial score (nSPS) is 40.7. The molecule has 0 radical (unpaired) electrons. The Balaban J connectivity index is 2.09. The molecule has 1 aliphatic heterocycles. The summed E-state index contributed by atoms with van der Waals surface area (Å²) in [6.07, 6.45) is 7.93. The van der Waals surface area contributed by atoms with Crippen LogP contribution in [0.3, 0.4) is 0 Å². The molecule has 4 atom stereocenters. The van der Waals surface area contributed by atoms with Crippen molar-refractivity contribution < 1.29 is 4.74 Å². The zero-order valence-corrected chi connectivity index (χ0v) is 10.8. The van der Waals surface area contributed by atoms with Gasteiger partial charge in [0.15, 0.2) is 0 Å². The second-order valence-corrected chi connectivity index (χ2v) is 5.64. The Bertz CT molecular complexity index is 303. The summed E-state index contributed by atoms with van der Waals surface area (Å²) < 4.78 is 6.11. The van der Waals surface area contributed by atoms with Gasteiger partial charge in [-0.3, -0.25) is 0 Å². The highest BCUT2D eigenvalue weighted by molar-refractivity contribution is 5.14. The van der Waals surface area contributed by atoms with Gasteiger partial charge in [0.1, 0.15) is 0 Å². The highest BCUT2D eigenvalue weighted by atomic mass is 16.5. The van der Waals surface area contributed by atoms with Crippen LogP contribution in [0.1, 0.15) is 46.5 Å². The molecule has 0 aromatic rings. The lowest BCUT2D eigenvalue weighted by atomic mass is 9.75. The molecule has 1 saturated heterocycles. The van der Waals surface area contributed by atoms with E-state index in [-0.39, 0.29) is 0 Å². The van der Waals surface area contributed by atoms with Crippen LogP contribution in [0.2, 0.25) is 0 Å². The van der Waals surface area contributed by atoms with Crippen LogP contribution in [0.4, 0.5) is 0 Å². The third-order valence-corrected chi connectivity index (χ3v) is 4.14. The minimum atomic E-state index is 0.308. The van der Waals surface area contributed by atoms with Gasteiger partial charge in [-0.2, -0.15) is 0 Å². The summed E-state index contributed by atoms with van der Waals surface area (Å²) in [6, 6.07) is 0. The van der Waals surface area contributed by atoms with E-state index in [1.165, 1.54) is 18.4 Å². The van der Waals surface area contributed by atoms with Crippen LogP contribution in [0.25, 0.3) is 0 Å². The Kier molecular flexibility index (Phi) is 3.53. The van der Waals surface area contributed by atoms with E-state index < -0.39 is 0 Å². The topological polar surface area (TPSA) is 9.23 Å².